The molecule has 1 amide bonds. The molecule has 2 aromatic carbocycles. The lowest BCUT2D eigenvalue weighted by molar-refractivity contribution is -0.153. The maximum Gasteiger partial charge on any atom is 0.422 e. The van der Waals surface area contributed by atoms with E-state index in [0.717, 1.165) is 5.56 Å². The quantitative estimate of drug-likeness (QED) is 0.841. The van der Waals surface area contributed by atoms with E-state index in [1.165, 1.54) is 24.3 Å². The first kappa shape index (κ1) is 19.0. The van der Waals surface area contributed by atoms with Crippen molar-refractivity contribution in [2.75, 3.05) is 18.2 Å². The summed E-state index contributed by atoms with van der Waals surface area (Å²) in [6.45, 7) is -1.37. The number of ether oxygens (including phenoxy) is 1. The SMILES string of the molecule is CS(=O)Cc1cccc(C(=O)Nc2ccc(OCC(F)(F)F)cc2)c1. The first-order valence-corrected chi connectivity index (χ1v) is 8.95. The van der Waals surface area contributed by atoms with Gasteiger partial charge in [-0.15, -0.1) is 0 Å². The van der Waals surface area contributed by atoms with Gasteiger partial charge in [0.25, 0.3) is 5.91 Å². The van der Waals surface area contributed by atoms with E-state index in [0.29, 0.717) is 17.0 Å². The summed E-state index contributed by atoms with van der Waals surface area (Å²) in [4.78, 5) is 12.2. The van der Waals surface area contributed by atoms with E-state index in [9.17, 15) is 22.2 Å². The van der Waals surface area contributed by atoms with E-state index >= 15 is 0 Å². The van der Waals surface area contributed by atoms with Crippen LogP contribution in [0.5, 0.6) is 5.75 Å². The number of alkyl halides is 3. The second-order valence-corrected chi connectivity index (χ2v) is 6.74. The molecule has 1 N–H and O–H groups in total. The molecule has 0 saturated heterocycles. The van der Waals surface area contributed by atoms with E-state index < -0.39 is 23.6 Å². The summed E-state index contributed by atoms with van der Waals surface area (Å²) in [7, 11) is -1.01. The van der Waals surface area contributed by atoms with Crippen LogP contribution in [-0.2, 0) is 16.6 Å². The van der Waals surface area contributed by atoms with Crippen LogP contribution in [0.2, 0.25) is 0 Å². The van der Waals surface area contributed by atoms with Crippen molar-refractivity contribution in [1.82, 2.24) is 0 Å². The molecule has 8 heteroatoms. The van der Waals surface area contributed by atoms with Gasteiger partial charge < -0.3 is 10.1 Å². The monoisotopic (exact) mass is 371 g/mol. The molecule has 0 saturated carbocycles. The summed E-state index contributed by atoms with van der Waals surface area (Å²) < 4.78 is 52.1. The van der Waals surface area contributed by atoms with Gasteiger partial charge in [-0.1, -0.05) is 12.1 Å². The van der Waals surface area contributed by atoms with Crippen LogP contribution in [0.25, 0.3) is 0 Å². The summed E-state index contributed by atoms with van der Waals surface area (Å²) in [5.41, 5.74) is 1.61. The first-order valence-electron chi connectivity index (χ1n) is 7.23. The Morgan fingerprint density at radius 1 is 1.16 bits per heavy atom. The zero-order chi connectivity index (χ0) is 18.4. The largest absolute Gasteiger partial charge is 0.484 e. The van der Waals surface area contributed by atoms with E-state index in [1.54, 1.807) is 30.5 Å². The fourth-order valence-corrected chi connectivity index (χ4v) is 2.69. The Balaban J connectivity index is 1.99. The molecule has 0 aromatic heterocycles. The molecule has 0 heterocycles. The molecule has 0 aliphatic heterocycles. The van der Waals surface area contributed by atoms with Crippen LogP contribution >= 0.6 is 0 Å². The van der Waals surface area contributed by atoms with Gasteiger partial charge in [0.1, 0.15) is 5.75 Å². The number of carbonyl (C=O) groups is 1. The molecule has 1 atom stereocenters. The predicted molar refractivity (Wildman–Crippen MR) is 90.2 cm³/mol. The summed E-state index contributed by atoms with van der Waals surface area (Å²) in [5, 5.41) is 2.65. The Bertz CT molecular complexity index is 760. The Morgan fingerprint density at radius 2 is 1.84 bits per heavy atom. The van der Waals surface area contributed by atoms with Crippen molar-refractivity contribution in [2.45, 2.75) is 11.9 Å². The van der Waals surface area contributed by atoms with Crippen LogP contribution in [0.3, 0.4) is 0 Å². The second kappa shape index (κ2) is 8.15. The Kier molecular flexibility index (Phi) is 6.19. The normalized spacial score (nSPS) is 12.5. The van der Waals surface area contributed by atoms with Crippen molar-refractivity contribution in [3.05, 3.63) is 59.7 Å². The van der Waals surface area contributed by atoms with Gasteiger partial charge in [0.15, 0.2) is 6.61 Å². The smallest absolute Gasteiger partial charge is 0.422 e. The van der Waals surface area contributed by atoms with Crippen LogP contribution in [-0.4, -0.2) is 29.2 Å². The Morgan fingerprint density at radius 3 is 2.44 bits per heavy atom. The number of amides is 1. The number of halogens is 3. The van der Waals surface area contributed by atoms with Gasteiger partial charge in [-0.2, -0.15) is 13.2 Å². The fraction of sp³-hybridized carbons (Fsp3) is 0.235. The van der Waals surface area contributed by atoms with E-state index in [2.05, 4.69) is 10.1 Å². The number of anilines is 1. The van der Waals surface area contributed by atoms with Gasteiger partial charge in [-0.05, 0) is 42.0 Å². The summed E-state index contributed by atoms with van der Waals surface area (Å²) in [5.74, 6) is 0.0438. The number of benzene rings is 2. The van der Waals surface area contributed by atoms with E-state index in [-0.39, 0.29) is 11.7 Å². The molecular weight excluding hydrogens is 355 g/mol. The highest BCUT2D eigenvalue weighted by atomic mass is 32.2. The van der Waals surface area contributed by atoms with E-state index in [1.807, 2.05) is 0 Å². The third-order valence-electron chi connectivity index (χ3n) is 3.07. The van der Waals surface area contributed by atoms with Crippen molar-refractivity contribution < 1.29 is 26.9 Å². The third kappa shape index (κ3) is 6.58. The first-order chi connectivity index (χ1) is 11.7. The third-order valence-corrected chi connectivity index (χ3v) is 3.81. The van der Waals surface area contributed by atoms with Gasteiger partial charge in [0.2, 0.25) is 0 Å². The molecule has 25 heavy (non-hydrogen) atoms. The molecule has 2 aromatic rings. The van der Waals surface area contributed by atoms with Gasteiger partial charge >= 0.3 is 6.18 Å². The molecule has 4 nitrogen and oxygen atoms in total. The van der Waals surface area contributed by atoms with Crippen LogP contribution in [0.15, 0.2) is 48.5 Å². The lowest BCUT2D eigenvalue weighted by Gasteiger charge is -2.10. The molecule has 134 valence electrons. The second-order valence-electron chi connectivity index (χ2n) is 5.30. The highest BCUT2D eigenvalue weighted by Crippen LogP contribution is 2.20. The van der Waals surface area contributed by atoms with Gasteiger partial charge in [0.05, 0.1) is 0 Å². The molecule has 0 bridgehead atoms. The number of hydrogen-bond donors (Lipinski definition) is 1. The number of nitrogens with one attached hydrogen (secondary N) is 1. The summed E-state index contributed by atoms with van der Waals surface area (Å²) in [6.07, 6.45) is -2.82. The van der Waals surface area contributed by atoms with Gasteiger partial charge in [-0.25, -0.2) is 0 Å². The molecule has 0 aliphatic carbocycles. The van der Waals surface area contributed by atoms with Gasteiger partial charge in [-0.3, -0.25) is 9.00 Å². The topological polar surface area (TPSA) is 55.4 Å². The maximum atomic E-state index is 12.2. The number of rotatable bonds is 6. The van der Waals surface area contributed by atoms with Crippen LogP contribution in [0, 0.1) is 0 Å². The van der Waals surface area contributed by atoms with Crippen molar-refractivity contribution in [1.29, 1.82) is 0 Å². The van der Waals surface area contributed by atoms with Crippen molar-refractivity contribution in [3.8, 4) is 5.75 Å². The average Bonchev–Trinajstić information content (AvgIpc) is 2.53. The van der Waals surface area contributed by atoms with E-state index in [4.69, 9.17) is 0 Å². The highest BCUT2D eigenvalue weighted by molar-refractivity contribution is 7.83. The Labute approximate surface area is 145 Å². The summed E-state index contributed by atoms with van der Waals surface area (Å²) in [6, 6.07) is 12.4. The lowest BCUT2D eigenvalue weighted by Crippen LogP contribution is -2.19. The minimum atomic E-state index is -4.40. The molecule has 0 aliphatic rings. The minimum absolute atomic E-state index is 0.0581. The van der Waals surface area contributed by atoms with Crippen LogP contribution < -0.4 is 10.1 Å². The van der Waals surface area contributed by atoms with Crippen molar-refractivity contribution >= 4 is 22.4 Å². The molecular formula is C17H16F3NO3S. The molecule has 1 unspecified atom stereocenters. The zero-order valence-corrected chi connectivity index (χ0v) is 14.1. The lowest BCUT2D eigenvalue weighted by atomic mass is 10.1. The maximum absolute atomic E-state index is 12.2. The standard InChI is InChI=1S/C17H16F3NO3S/c1-25(23)10-12-3-2-4-13(9-12)16(22)21-14-5-7-15(8-6-14)24-11-17(18,19)20/h2-9H,10-11H2,1H3,(H,21,22). The minimum Gasteiger partial charge on any atom is -0.484 e. The summed E-state index contributed by atoms with van der Waals surface area (Å²) >= 11 is 0. The predicted octanol–water partition coefficient (Wildman–Crippen LogP) is 3.76. The van der Waals surface area contributed by atoms with Crippen molar-refractivity contribution in [3.63, 3.8) is 0 Å². The van der Waals surface area contributed by atoms with Crippen molar-refractivity contribution in [2.24, 2.45) is 0 Å². The molecule has 2 rings (SSSR count). The van der Waals surface area contributed by atoms with Crippen LogP contribution in [0.1, 0.15) is 15.9 Å². The fourth-order valence-electron chi connectivity index (χ4n) is 2.04. The highest BCUT2D eigenvalue weighted by Gasteiger charge is 2.28. The Hall–Kier alpha value is -2.35. The number of carbonyl (C=O) groups excluding carboxylic acids is 1. The van der Waals surface area contributed by atoms with Crippen LogP contribution in [0.4, 0.5) is 18.9 Å². The molecule has 0 fully saturated rings. The average molecular weight is 371 g/mol. The molecule has 0 radical (unpaired) electrons. The molecule has 0 spiro atoms. The van der Waals surface area contributed by atoms with Gasteiger partial charge in [0, 0.05) is 34.1 Å². The zero-order valence-electron chi connectivity index (χ0n) is 13.3. The number of hydrogen-bond acceptors (Lipinski definition) is 3.